The van der Waals surface area contributed by atoms with Crippen LogP contribution in [0.5, 0.6) is 0 Å². The molecule has 0 aliphatic rings. The second-order valence-electron chi connectivity index (χ2n) is 5.11. The van der Waals surface area contributed by atoms with Gasteiger partial charge >= 0.3 is 0 Å². The Balaban J connectivity index is 2.35. The van der Waals surface area contributed by atoms with E-state index >= 15 is 0 Å². The highest BCUT2D eigenvalue weighted by atomic mass is 16.5. The van der Waals surface area contributed by atoms with E-state index in [2.05, 4.69) is 27.0 Å². The number of benzene rings is 1. The molecule has 124 valence electrons. The Labute approximate surface area is 141 Å². The minimum atomic E-state index is -1.53. The standard InChI is InChI=1S/C18H20N4O2/c1-4-5-14(11-19-3)15-8-9-20-18(21-15)22-16-10-13(17(23)24)7-6-12(16)2/h4-11,17,23-24H,3H2,1-2H3,(H,20,21,22). The lowest BCUT2D eigenvalue weighted by molar-refractivity contribution is -0.0424. The van der Waals surface area contributed by atoms with Gasteiger partial charge in [-0.15, -0.1) is 0 Å². The molecule has 1 heterocycles. The third-order valence-electron chi connectivity index (χ3n) is 3.33. The summed E-state index contributed by atoms with van der Waals surface area (Å²) in [6, 6.07) is 6.89. The minimum absolute atomic E-state index is 0.393. The molecular formula is C18H20N4O2. The quantitative estimate of drug-likeness (QED) is 0.431. The van der Waals surface area contributed by atoms with Crippen LogP contribution in [0.1, 0.15) is 30.0 Å². The Bertz CT molecular complexity index is 782. The summed E-state index contributed by atoms with van der Waals surface area (Å²) in [4.78, 5) is 12.5. The predicted octanol–water partition coefficient (Wildman–Crippen LogP) is 3.13. The largest absolute Gasteiger partial charge is 0.364 e. The average molecular weight is 324 g/mol. The number of aromatic nitrogens is 2. The molecule has 0 saturated carbocycles. The van der Waals surface area contributed by atoms with Crippen molar-refractivity contribution in [3.63, 3.8) is 0 Å². The minimum Gasteiger partial charge on any atom is -0.364 e. The Morgan fingerprint density at radius 3 is 2.79 bits per heavy atom. The summed E-state index contributed by atoms with van der Waals surface area (Å²) in [5, 5.41) is 21.7. The van der Waals surface area contributed by atoms with E-state index < -0.39 is 6.29 Å². The first kappa shape index (κ1) is 17.5. The van der Waals surface area contributed by atoms with Gasteiger partial charge in [-0.3, -0.25) is 4.99 Å². The summed E-state index contributed by atoms with van der Waals surface area (Å²) in [7, 11) is 0. The van der Waals surface area contributed by atoms with Crippen molar-refractivity contribution in [2.75, 3.05) is 5.32 Å². The van der Waals surface area contributed by atoms with Crippen molar-refractivity contribution in [2.24, 2.45) is 4.99 Å². The van der Waals surface area contributed by atoms with E-state index in [0.29, 0.717) is 22.9 Å². The highest BCUT2D eigenvalue weighted by molar-refractivity contribution is 5.72. The third kappa shape index (κ3) is 4.34. The van der Waals surface area contributed by atoms with Gasteiger partial charge in [0.25, 0.3) is 0 Å². The van der Waals surface area contributed by atoms with E-state index in [1.54, 1.807) is 36.7 Å². The molecule has 2 aromatic rings. The molecule has 0 aliphatic carbocycles. The zero-order valence-corrected chi connectivity index (χ0v) is 13.6. The van der Waals surface area contributed by atoms with Crippen LogP contribution in [-0.4, -0.2) is 26.9 Å². The van der Waals surface area contributed by atoms with Crippen LogP contribution < -0.4 is 5.32 Å². The number of anilines is 2. The van der Waals surface area contributed by atoms with Crippen molar-refractivity contribution in [1.82, 2.24) is 9.97 Å². The summed E-state index contributed by atoms with van der Waals surface area (Å²) < 4.78 is 0. The second kappa shape index (κ2) is 8.14. The number of hydrogen-bond donors (Lipinski definition) is 3. The van der Waals surface area contributed by atoms with E-state index in [-0.39, 0.29) is 0 Å². The van der Waals surface area contributed by atoms with Crippen LogP contribution in [-0.2, 0) is 0 Å². The van der Waals surface area contributed by atoms with E-state index in [0.717, 1.165) is 11.1 Å². The molecule has 6 nitrogen and oxygen atoms in total. The first-order chi connectivity index (χ1) is 11.5. The maximum Gasteiger partial charge on any atom is 0.227 e. The second-order valence-corrected chi connectivity index (χ2v) is 5.11. The van der Waals surface area contributed by atoms with Crippen LogP contribution >= 0.6 is 0 Å². The normalized spacial score (nSPS) is 12.0. The van der Waals surface area contributed by atoms with Gasteiger partial charge in [-0.2, -0.15) is 0 Å². The van der Waals surface area contributed by atoms with Crippen molar-refractivity contribution in [3.05, 3.63) is 65.6 Å². The van der Waals surface area contributed by atoms with Gasteiger partial charge in [-0.1, -0.05) is 24.3 Å². The van der Waals surface area contributed by atoms with Gasteiger partial charge < -0.3 is 15.5 Å². The van der Waals surface area contributed by atoms with Crippen LogP contribution in [0.25, 0.3) is 5.57 Å². The Morgan fingerprint density at radius 1 is 1.33 bits per heavy atom. The Hall–Kier alpha value is -2.83. The van der Waals surface area contributed by atoms with Crippen LogP contribution in [0.3, 0.4) is 0 Å². The number of aryl methyl sites for hydroxylation is 1. The van der Waals surface area contributed by atoms with Gasteiger partial charge in [0.15, 0.2) is 6.29 Å². The number of rotatable bonds is 6. The number of nitrogens with one attached hydrogen (secondary N) is 1. The molecule has 0 aliphatic heterocycles. The summed E-state index contributed by atoms with van der Waals surface area (Å²) in [6.07, 6.45) is 5.52. The van der Waals surface area contributed by atoms with Gasteiger partial charge in [0.1, 0.15) is 0 Å². The Morgan fingerprint density at radius 2 is 2.12 bits per heavy atom. The van der Waals surface area contributed by atoms with Crippen LogP contribution in [0, 0.1) is 6.92 Å². The molecule has 24 heavy (non-hydrogen) atoms. The fraction of sp³-hybridized carbons (Fsp3) is 0.167. The zero-order chi connectivity index (χ0) is 17.5. The van der Waals surface area contributed by atoms with Gasteiger partial charge in [0, 0.05) is 29.2 Å². The van der Waals surface area contributed by atoms with Crippen LogP contribution in [0.2, 0.25) is 0 Å². The first-order valence-corrected chi connectivity index (χ1v) is 7.41. The van der Waals surface area contributed by atoms with E-state index in [1.807, 2.05) is 26.0 Å². The molecule has 0 atom stereocenters. The molecule has 2 rings (SSSR count). The molecule has 0 spiro atoms. The number of hydrogen-bond acceptors (Lipinski definition) is 6. The summed E-state index contributed by atoms with van der Waals surface area (Å²) >= 11 is 0. The molecule has 1 aromatic heterocycles. The maximum absolute atomic E-state index is 9.31. The van der Waals surface area contributed by atoms with Crippen molar-refractivity contribution in [3.8, 4) is 0 Å². The number of allylic oxidation sites excluding steroid dienone is 3. The summed E-state index contributed by atoms with van der Waals surface area (Å²) in [5.41, 5.74) is 3.55. The van der Waals surface area contributed by atoms with E-state index in [4.69, 9.17) is 0 Å². The highest BCUT2D eigenvalue weighted by Crippen LogP contribution is 2.23. The maximum atomic E-state index is 9.31. The monoisotopic (exact) mass is 324 g/mol. The Kier molecular flexibility index (Phi) is 5.95. The molecule has 0 radical (unpaired) electrons. The van der Waals surface area contributed by atoms with Crippen molar-refractivity contribution < 1.29 is 10.2 Å². The third-order valence-corrected chi connectivity index (χ3v) is 3.33. The van der Waals surface area contributed by atoms with Crippen LogP contribution in [0.15, 0.2) is 53.8 Å². The molecule has 3 N–H and O–H groups in total. The lowest BCUT2D eigenvalue weighted by Crippen LogP contribution is -2.02. The summed E-state index contributed by atoms with van der Waals surface area (Å²) in [5.74, 6) is 0.402. The molecule has 6 heteroatoms. The molecule has 1 aromatic carbocycles. The van der Waals surface area contributed by atoms with Gasteiger partial charge in [-0.05, 0) is 38.3 Å². The average Bonchev–Trinajstić information content (AvgIpc) is 2.57. The fourth-order valence-electron chi connectivity index (χ4n) is 2.11. The molecular weight excluding hydrogens is 304 g/mol. The zero-order valence-electron chi connectivity index (χ0n) is 13.6. The molecule has 0 unspecified atom stereocenters. The van der Waals surface area contributed by atoms with Crippen molar-refractivity contribution >= 4 is 23.9 Å². The highest BCUT2D eigenvalue weighted by Gasteiger charge is 2.08. The van der Waals surface area contributed by atoms with E-state index in [1.165, 1.54) is 0 Å². The topological polar surface area (TPSA) is 90.6 Å². The lowest BCUT2D eigenvalue weighted by Gasteiger charge is -2.12. The van der Waals surface area contributed by atoms with Crippen LogP contribution in [0.4, 0.5) is 11.6 Å². The number of aliphatic imine (C=N–C) groups is 1. The fourth-order valence-corrected chi connectivity index (χ4v) is 2.11. The van der Waals surface area contributed by atoms with Crippen molar-refractivity contribution in [1.29, 1.82) is 0 Å². The molecule has 0 fully saturated rings. The number of nitrogens with zero attached hydrogens (tertiary/aromatic N) is 3. The SMILES string of the molecule is C=NC=C(C=CC)c1ccnc(Nc2cc(C(O)O)ccc2C)n1. The lowest BCUT2D eigenvalue weighted by atomic mass is 10.1. The molecule has 0 saturated heterocycles. The summed E-state index contributed by atoms with van der Waals surface area (Å²) in [6.45, 7) is 7.29. The number of aliphatic hydroxyl groups is 2. The predicted molar refractivity (Wildman–Crippen MR) is 96.0 cm³/mol. The van der Waals surface area contributed by atoms with E-state index in [9.17, 15) is 10.2 Å². The first-order valence-electron chi connectivity index (χ1n) is 7.41. The molecule has 0 bridgehead atoms. The van der Waals surface area contributed by atoms with Gasteiger partial charge in [0.05, 0.1) is 5.69 Å². The molecule has 0 amide bonds. The smallest absolute Gasteiger partial charge is 0.227 e. The van der Waals surface area contributed by atoms with Gasteiger partial charge in [0.2, 0.25) is 5.95 Å². The van der Waals surface area contributed by atoms with Crippen molar-refractivity contribution in [2.45, 2.75) is 20.1 Å². The van der Waals surface area contributed by atoms with Gasteiger partial charge in [-0.25, -0.2) is 9.97 Å². The number of aliphatic hydroxyl groups excluding tert-OH is 1.